The maximum Gasteiger partial charge on any atom is 0.267 e. The van der Waals surface area contributed by atoms with Gasteiger partial charge in [-0.2, -0.15) is 0 Å². The van der Waals surface area contributed by atoms with Crippen LogP contribution < -0.4 is 15.6 Å². The highest BCUT2D eigenvalue weighted by atomic mass is 32.2. The molecule has 0 saturated carbocycles. The van der Waals surface area contributed by atoms with Crippen LogP contribution >= 0.6 is 23.1 Å². The van der Waals surface area contributed by atoms with E-state index in [0.29, 0.717) is 54.8 Å². The summed E-state index contributed by atoms with van der Waals surface area (Å²) in [6, 6.07) is 17.4. The van der Waals surface area contributed by atoms with Crippen molar-refractivity contribution in [1.82, 2.24) is 14.9 Å². The molecule has 0 fully saturated rings. The van der Waals surface area contributed by atoms with E-state index in [0.717, 1.165) is 38.7 Å². The smallest absolute Gasteiger partial charge is 0.267 e. The minimum atomic E-state index is -0.324. The molecule has 1 N–H and O–H groups in total. The molecule has 0 atom stereocenters. The first-order chi connectivity index (χ1) is 19.7. The third-order valence-electron chi connectivity index (χ3n) is 7.03. The number of fused-ring (bicyclic) bond motifs is 3. The Morgan fingerprint density at radius 2 is 1.93 bits per heavy atom. The van der Waals surface area contributed by atoms with Gasteiger partial charge in [0.25, 0.3) is 5.56 Å². The number of amides is 1. The van der Waals surface area contributed by atoms with Crippen LogP contribution in [0.3, 0.4) is 0 Å². The van der Waals surface area contributed by atoms with E-state index >= 15 is 0 Å². The summed E-state index contributed by atoms with van der Waals surface area (Å²) >= 11 is 2.96. The van der Waals surface area contributed by atoms with E-state index in [-0.39, 0.29) is 17.1 Å². The van der Waals surface area contributed by atoms with Crippen LogP contribution in [0.15, 0.2) is 64.5 Å². The van der Waals surface area contributed by atoms with Crippen LogP contribution in [0.2, 0.25) is 0 Å². The number of carbonyl (C=O) groups is 1. The fourth-order valence-corrected chi connectivity index (χ4v) is 6.81. The Balaban J connectivity index is 1.25. The van der Waals surface area contributed by atoms with Gasteiger partial charge < -0.3 is 14.8 Å². The van der Waals surface area contributed by atoms with Crippen molar-refractivity contribution in [2.75, 3.05) is 12.4 Å². The highest BCUT2D eigenvalue weighted by Gasteiger charge is 2.31. The van der Waals surface area contributed by atoms with Crippen molar-refractivity contribution < 1.29 is 14.3 Å². The zero-order valence-corrected chi connectivity index (χ0v) is 25.7. The first-order valence-corrected chi connectivity index (χ1v) is 15.9. The Kier molecular flexibility index (Phi) is 9.16. The van der Waals surface area contributed by atoms with Gasteiger partial charge in [-0.1, -0.05) is 55.9 Å². The van der Waals surface area contributed by atoms with E-state index in [2.05, 4.69) is 33.0 Å². The van der Waals surface area contributed by atoms with Gasteiger partial charge in [-0.15, -0.1) is 11.3 Å². The lowest BCUT2D eigenvalue weighted by atomic mass is 9.94. The summed E-state index contributed by atoms with van der Waals surface area (Å²) in [5.74, 6) is 1.90. The summed E-state index contributed by atoms with van der Waals surface area (Å²) in [4.78, 5) is 33.3. The van der Waals surface area contributed by atoms with Gasteiger partial charge in [-0.3, -0.25) is 14.2 Å². The van der Waals surface area contributed by atoms with Crippen molar-refractivity contribution in [1.29, 1.82) is 0 Å². The van der Waals surface area contributed by atoms with E-state index in [1.165, 1.54) is 23.1 Å². The van der Waals surface area contributed by atoms with Gasteiger partial charge in [0, 0.05) is 30.0 Å². The van der Waals surface area contributed by atoms with Crippen LogP contribution in [0.4, 0.5) is 0 Å². The summed E-state index contributed by atoms with van der Waals surface area (Å²) in [7, 11) is 0. The second kappa shape index (κ2) is 12.8. The van der Waals surface area contributed by atoms with Crippen LogP contribution in [0.25, 0.3) is 15.9 Å². The summed E-state index contributed by atoms with van der Waals surface area (Å²) in [5, 5.41) is 4.27. The zero-order chi connectivity index (χ0) is 29.0. The number of nitrogens with zero attached hydrogens (tertiary/aromatic N) is 2. The van der Waals surface area contributed by atoms with Crippen molar-refractivity contribution in [3.63, 3.8) is 0 Å². The number of hydrogen-bond donors (Lipinski definition) is 1. The molecule has 0 bridgehead atoms. The average Bonchev–Trinajstić information content (AvgIpc) is 3.29. The molecule has 1 aliphatic rings. The number of ether oxygens (including phenoxy) is 2. The molecule has 3 heterocycles. The van der Waals surface area contributed by atoms with Crippen molar-refractivity contribution in [3.8, 4) is 11.4 Å². The minimum absolute atomic E-state index is 0.0459. The van der Waals surface area contributed by atoms with Crippen molar-refractivity contribution in [3.05, 3.63) is 81.0 Å². The number of nitrogens with one attached hydrogen (secondary N) is 1. The van der Waals surface area contributed by atoms with Gasteiger partial charge in [0.15, 0.2) is 5.16 Å². The Labute approximate surface area is 249 Å². The monoisotopic (exact) mass is 591 g/mol. The van der Waals surface area contributed by atoms with Gasteiger partial charge in [0.2, 0.25) is 5.91 Å². The predicted molar refractivity (Wildman–Crippen MR) is 166 cm³/mol. The molecule has 2 aromatic carbocycles. The largest absolute Gasteiger partial charge is 0.494 e. The van der Waals surface area contributed by atoms with Gasteiger partial charge in [-0.05, 0) is 61.6 Å². The molecule has 0 aliphatic carbocycles. The second-order valence-electron chi connectivity index (χ2n) is 11.3. The van der Waals surface area contributed by atoms with Gasteiger partial charge in [0.05, 0.1) is 29.9 Å². The maximum absolute atomic E-state index is 13.9. The highest BCUT2D eigenvalue weighted by molar-refractivity contribution is 7.99. The van der Waals surface area contributed by atoms with Crippen LogP contribution in [0.5, 0.6) is 5.75 Å². The molecule has 0 radical (unpaired) electrons. The molecule has 1 amide bonds. The van der Waals surface area contributed by atoms with Gasteiger partial charge in [-0.25, -0.2) is 4.98 Å². The Morgan fingerprint density at radius 3 is 2.66 bits per heavy atom. The molecule has 4 aromatic rings. The Morgan fingerprint density at radius 1 is 1.17 bits per heavy atom. The number of aromatic nitrogens is 2. The third kappa shape index (κ3) is 7.20. The quantitative estimate of drug-likeness (QED) is 0.158. The van der Waals surface area contributed by atoms with E-state index in [1.54, 1.807) is 4.57 Å². The van der Waals surface area contributed by atoms with Crippen molar-refractivity contribution >= 4 is 39.2 Å². The molecule has 41 heavy (non-hydrogen) atoms. The molecule has 216 valence electrons. The number of thiophene rings is 1. The lowest BCUT2D eigenvalue weighted by molar-refractivity contribution is -0.120. The van der Waals surface area contributed by atoms with Crippen LogP contribution in [0, 0.1) is 5.92 Å². The van der Waals surface area contributed by atoms with E-state index in [4.69, 9.17) is 14.5 Å². The number of rotatable bonds is 11. The second-order valence-corrected chi connectivity index (χ2v) is 13.5. The van der Waals surface area contributed by atoms with Crippen LogP contribution in [-0.2, 0) is 29.1 Å². The lowest BCUT2D eigenvalue weighted by Crippen LogP contribution is -2.32. The zero-order valence-electron chi connectivity index (χ0n) is 24.1. The molecular formula is C32H37N3O4S2. The fourth-order valence-electron chi connectivity index (χ4n) is 4.72. The Bertz CT molecular complexity index is 1560. The molecule has 0 unspecified atom stereocenters. The predicted octanol–water partition coefficient (Wildman–Crippen LogP) is 6.52. The van der Waals surface area contributed by atoms with E-state index in [1.807, 2.05) is 54.6 Å². The summed E-state index contributed by atoms with van der Waals surface area (Å²) in [6.07, 6.45) is 2.00. The number of hydrogen-bond acceptors (Lipinski definition) is 7. The van der Waals surface area contributed by atoms with Crippen LogP contribution in [0.1, 0.15) is 56.5 Å². The minimum Gasteiger partial charge on any atom is -0.494 e. The summed E-state index contributed by atoms with van der Waals surface area (Å²) in [6.45, 7) is 10.1. The van der Waals surface area contributed by atoms with Gasteiger partial charge in [0.1, 0.15) is 10.6 Å². The number of para-hydroxylation sites is 1. The fraction of sp³-hybridized carbons (Fsp3) is 0.406. The molecule has 1 aliphatic heterocycles. The molecule has 2 aromatic heterocycles. The Hall–Kier alpha value is -3.14. The summed E-state index contributed by atoms with van der Waals surface area (Å²) in [5.41, 5.74) is 2.44. The highest BCUT2D eigenvalue weighted by Crippen LogP contribution is 2.38. The first kappa shape index (κ1) is 29.4. The van der Waals surface area contributed by atoms with Crippen molar-refractivity contribution in [2.45, 2.75) is 70.9 Å². The SMILES string of the molecule is CC(C)CCOc1ccc(CNC(=O)CCSc2nc3sc4c(c3c(=O)n2-c2ccccc2)CC(C)(C)OC4)cc1. The topological polar surface area (TPSA) is 82.5 Å². The normalized spacial score (nSPS) is 14.3. The van der Waals surface area contributed by atoms with Gasteiger partial charge >= 0.3 is 0 Å². The first-order valence-electron chi connectivity index (χ1n) is 14.1. The summed E-state index contributed by atoms with van der Waals surface area (Å²) < 4.78 is 13.5. The molecule has 9 heteroatoms. The standard InChI is InChI=1S/C32H37N3O4S2/c1-21(2)14-16-38-24-12-10-22(11-13-24)19-33-27(36)15-17-40-31-34-29-28(25-18-32(3,4)39-20-26(25)41-29)30(37)35(31)23-8-6-5-7-9-23/h5-13,21H,14-20H2,1-4H3,(H,33,36). The number of benzene rings is 2. The molecule has 7 nitrogen and oxygen atoms in total. The maximum atomic E-state index is 13.9. The van der Waals surface area contributed by atoms with Crippen molar-refractivity contribution in [2.24, 2.45) is 5.92 Å². The number of carbonyl (C=O) groups excluding carboxylic acids is 1. The van der Waals surface area contributed by atoms with E-state index < -0.39 is 0 Å². The van der Waals surface area contributed by atoms with E-state index in [9.17, 15) is 9.59 Å². The molecular weight excluding hydrogens is 555 g/mol. The number of thioether (sulfide) groups is 1. The average molecular weight is 592 g/mol. The third-order valence-corrected chi connectivity index (χ3v) is 9.07. The lowest BCUT2D eigenvalue weighted by Gasteiger charge is -2.29. The molecule has 0 saturated heterocycles. The van der Waals surface area contributed by atoms with Crippen LogP contribution in [-0.4, -0.2) is 33.4 Å². The molecule has 5 rings (SSSR count). The molecule has 0 spiro atoms.